The Morgan fingerprint density at radius 2 is 1.50 bits per heavy atom. The number of para-hydroxylation sites is 3. The minimum absolute atomic E-state index is 0.00960. The number of benzene rings is 3. The molecule has 1 atom stereocenters. The number of aryl methyl sites for hydroxylation is 1. The van der Waals surface area contributed by atoms with Gasteiger partial charge in [-0.2, -0.15) is 0 Å². The van der Waals surface area contributed by atoms with Crippen LogP contribution in [-0.2, 0) is 11.3 Å². The number of aromatic nitrogens is 4. The molecule has 0 bridgehead atoms. The van der Waals surface area contributed by atoms with Crippen LogP contribution < -0.4 is 4.90 Å². The largest absolute Gasteiger partial charge is 0.324 e. The molecule has 0 aliphatic carbocycles. The number of hydrogen-bond donors (Lipinski definition) is 0. The van der Waals surface area contributed by atoms with Crippen molar-refractivity contribution in [1.82, 2.24) is 19.7 Å². The molecule has 2 aromatic heterocycles. The second-order valence-corrected chi connectivity index (χ2v) is 9.06. The van der Waals surface area contributed by atoms with Crippen molar-refractivity contribution in [3.63, 3.8) is 0 Å². The van der Waals surface area contributed by atoms with E-state index in [2.05, 4.69) is 27.8 Å². The fraction of sp³-hybridized carbons (Fsp3) is 0.185. The summed E-state index contributed by atoms with van der Waals surface area (Å²) in [6, 6.07) is 27.6. The number of rotatable bonds is 7. The van der Waals surface area contributed by atoms with Crippen molar-refractivity contribution >= 4 is 51.1 Å². The molecule has 6 nitrogen and oxygen atoms in total. The van der Waals surface area contributed by atoms with Gasteiger partial charge in [0.05, 0.1) is 10.8 Å². The van der Waals surface area contributed by atoms with E-state index >= 15 is 0 Å². The van der Waals surface area contributed by atoms with Crippen LogP contribution in [0.5, 0.6) is 0 Å². The molecule has 1 unspecified atom stereocenters. The summed E-state index contributed by atoms with van der Waals surface area (Å²) in [7, 11) is 0. The lowest BCUT2D eigenvalue weighted by Gasteiger charge is -2.26. The third-order valence-electron chi connectivity index (χ3n) is 5.81. The van der Waals surface area contributed by atoms with Crippen molar-refractivity contribution in [2.75, 3.05) is 4.90 Å². The summed E-state index contributed by atoms with van der Waals surface area (Å²) in [4.78, 5) is 20.4. The van der Waals surface area contributed by atoms with Crippen molar-refractivity contribution in [2.45, 2.75) is 37.2 Å². The van der Waals surface area contributed by atoms with Crippen molar-refractivity contribution in [3.8, 4) is 0 Å². The summed E-state index contributed by atoms with van der Waals surface area (Å²) in [5.41, 5.74) is 4.34. The van der Waals surface area contributed by atoms with Gasteiger partial charge in [0, 0.05) is 23.3 Å². The van der Waals surface area contributed by atoms with Gasteiger partial charge in [-0.3, -0.25) is 9.69 Å². The molecular weight excluding hydrogens is 442 g/mol. The third kappa shape index (κ3) is 4.03. The van der Waals surface area contributed by atoms with Crippen LogP contribution in [-0.4, -0.2) is 30.9 Å². The van der Waals surface area contributed by atoms with Gasteiger partial charge in [0.1, 0.15) is 5.52 Å². The summed E-state index contributed by atoms with van der Waals surface area (Å²) in [5, 5.41) is 10.1. The van der Waals surface area contributed by atoms with Crippen LogP contribution in [0.25, 0.3) is 22.1 Å². The first-order valence-electron chi connectivity index (χ1n) is 11.4. The highest BCUT2D eigenvalue weighted by Crippen LogP contribution is 2.32. The molecule has 0 saturated carbocycles. The summed E-state index contributed by atoms with van der Waals surface area (Å²) in [5.74, 6) is -0.00960. The van der Waals surface area contributed by atoms with Gasteiger partial charge in [-0.1, -0.05) is 73.3 Å². The second-order valence-electron chi connectivity index (χ2n) is 7.89. The fourth-order valence-corrected chi connectivity index (χ4v) is 5.05. The highest BCUT2D eigenvalue weighted by molar-refractivity contribution is 8.00. The lowest BCUT2D eigenvalue weighted by molar-refractivity contribution is -0.117. The zero-order valence-corrected chi connectivity index (χ0v) is 19.9. The van der Waals surface area contributed by atoms with Gasteiger partial charge in [-0.25, -0.2) is 4.98 Å². The first-order valence-corrected chi connectivity index (χ1v) is 12.3. The molecule has 3 aromatic carbocycles. The molecule has 5 rings (SSSR count). The van der Waals surface area contributed by atoms with Gasteiger partial charge < -0.3 is 4.57 Å². The maximum absolute atomic E-state index is 13.8. The molecular formula is C27H25N5OS. The first kappa shape index (κ1) is 22.1. The fourth-order valence-electron chi connectivity index (χ4n) is 4.20. The van der Waals surface area contributed by atoms with E-state index in [0.29, 0.717) is 11.6 Å². The van der Waals surface area contributed by atoms with E-state index in [1.807, 2.05) is 85.8 Å². The number of nitrogens with zero attached hydrogens (tertiary/aromatic N) is 5. The Kier molecular flexibility index (Phi) is 6.27. The highest BCUT2D eigenvalue weighted by Gasteiger charge is 2.28. The molecule has 0 spiro atoms. The summed E-state index contributed by atoms with van der Waals surface area (Å²) < 4.78 is 2.15. The monoisotopic (exact) mass is 467 g/mol. The van der Waals surface area contributed by atoms with Crippen molar-refractivity contribution in [2.24, 2.45) is 0 Å². The second kappa shape index (κ2) is 9.65. The van der Waals surface area contributed by atoms with Crippen LogP contribution in [0.4, 0.5) is 11.4 Å². The van der Waals surface area contributed by atoms with Crippen LogP contribution in [0.2, 0.25) is 0 Å². The van der Waals surface area contributed by atoms with Crippen molar-refractivity contribution < 1.29 is 4.79 Å². The molecule has 7 heteroatoms. The Morgan fingerprint density at radius 1 is 0.882 bits per heavy atom. The summed E-state index contributed by atoms with van der Waals surface area (Å²) >= 11 is 1.37. The average molecular weight is 468 g/mol. The van der Waals surface area contributed by atoms with Crippen molar-refractivity contribution in [1.29, 1.82) is 0 Å². The molecule has 5 aromatic rings. The molecule has 0 N–H and O–H groups in total. The van der Waals surface area contributed by atoms with Gasteiger partial charge in [0.25, 0.3) is 0 Å². The number of thioether (sulfide) groups is 1. The number of amides is 1. The number of carbonyl (C=O) groups excluding carboxylic acids is 1. The predicted octanol–water partition coefficient (Wildman–Crippen LogP) is 6.24. The van der Waals surface area contributed by atoms with Gasteiger partial charge >= 0.3 is 0 Å². The first-order chi connectivity index (χ1) is 16.7. The Hall–Kier alpha value is -3.71. The lowest BCUT2D eigenvalue weighted by Crippen LogP contribution is -2.34. The zero-order chi connectivity index (χ0) is 23.5. The molecule has 0 aliphatic rings. The normalized spacial score (nSPS) is 12.2. The smallest absolute Gasteiger partial charge is 0.245 e. The van der Waals surface area contributed by atoms with Crippen molar-refractivity contribution in [3.05, 3.63) is 84.9 Å². The molecule has 34 heavy (non-hydrogen) atoms. The van der Waals surface area contributed by atoms with Gasteiger partial charge in [-0.15, -0.1) is 10.2 Å². The van der Waals surface area contributed by atoms with Crippen LogP contribution in [0.3, 0.4) is 0 Å². The molecule has 2 heterocycles. The molecule has 0 aliphatic heterocycles. The van der Waals surface area contributed by atoms with Gasteiger partial charge in [0.2, 0.25) is 11.1 Å². The summed E-state index contributed by atoms with van der Waals surface area (Å²) in [6.07, 6.45) is 0.637. The minimum atomic E-state index is -0.362. The quantitative estimate of drug-likeness (QED) is 0.265. The predicted molar refractivity (Wildman–Crippen MR) is 138 cm³/mol. The van der Waals surface area contributed by atoms with E-state index in [4.69, 9.17) is 4.98 Å². The Bertz CT molecular complexity index is 1400. The maximum atomic E-state index is 13.8. The molecule has 1 amide bonds. The van der Waals surface area contributed by atoms with E-state index in [1.54, 1.807) is 4.90 Å². The Balaban J connectivity index is 1.51. The van der Waals surface area contributed by atoms with E-state index in [9.17, 15) is 4.79 Å². The van der Waals surface area contributed by atoms with E-state index in [0.717, 1.165) is 40.0 Å². The van der Waals surface area contributed by atoms with Gasteiger partial charge in [0.15, 0.2) is 5.65 Å². The van der Waals surface area contributed by atoms with Crippen LogP contribution in [0.15, 0.2) is 90.1 Å². The highest BCUT2D eigenvalue weighted by atomic mass is 32.2. The molecule has 0 radical (unpaired) electrons. The minimum Gasteiger partial charge on any atom is -0.324 e. The van der Waals surface area contributed by atoms with Crippen LogP contribution >= 0.6 is 11.8 Å². The summed E-state index contributed by atoms with van der Waals surface area (Å²) in [6.45, 7) is 4.88. The standard InChI is InChI=1S/C27H25N5OS/c1-3-23(26(33)32(19-13-7-5-8-14-19)20-15-9-6-10-16-20)34-27-28-25-24(29-30-27)21-17-11-12-18-22(21)31(25)4-2/h5-18,23H,3-4H2,1-2H3. The topological polar surface area (TPSA) is 63.9 Å². The molecule has 0 saturated heterocycles. The Labute approximate surface area is 202 Å². The number of hydrogen-bond acceptors (Lipinski definition) is 5. The zero-order valence-electron chi connectivity index (χ0n) is 19.1. The maximum Gasteiger partial charge on any atom is 0.245 e. The van der Waals surface area contributed by atoms with Gasteiger partial charge in [-0.05, 0) is 43.7 Å². The molecule has 0 fully saturated rings. The van der Waals surface area contributed by atoms with E-state index in [-0.39, 0.29) is 11.2 Å². The number of anilines is 2. The van der Waals surface area contributed by atoms with Crippen LogP contribution in [0, 0.1) is 0 Å². The molecule has 170 valence electrons. The third-order valence-corrected chi connectivity index (χ3v) is 7.02. The Morgan fingerprint density at radius 3 is 2.12 bits per heavy atom. The lowest BCUT2D eigenvalue weighted by atomic mass is 10.2. The van der Waals surface area contributed by atoms with Crippen LogP contribution in [0.1, 0.15) is 20.3 Å². The SMILES string of the molecule is CCC(Sc1nnc2c3ccccc3n(CC)c2n1)C(=O)N(c1ccccc1)c1ccccc1. The van der Waals surface area contributed by atoms with E-state index < -0.39 is 0 Å². The average Bonchev–Trinajstić information content (AvgIpc) is 3.21. The number of carbonyl (C=O) groups is 1. The van der Waals surface area contributed by atoms with E-state index in [1.165, 1.54) is 11.8 Å². The number of fused-ring (bicyclic) bond motifs is 3.